The van der Waals surface area contributed by atoms with Gasteiger partial charge >= 0.3 is 5.97 Å². The molecular formula is C19H21N5O5. The summed E-state index contributed by atoms with van der Waals surface area (Å²) in [6.07, 6.45) is -0.174. The number of aryl methyl sites for hydroxylation is 3. The number of carbonyl (C=O) groups excluding carboxylic acids is 2. The van der Waals surface area contributed by atoms with Gasteiger partial charge in [0.1, 0.15) is 0 Å². The molecule has 0 radical (unpaired) electrons. The van der Waals surface area contributed by atoms with Gasteiger partial charge in [0.2, 0.25) is 0 Å². The zero-order valence-electron chi connectivity index (χ0n) is 16.3. The Balaban J connectivity index is 1.57. The molecule has 29 heavy (non-hydrogen) atoms. The molecule has 1 amide bonds. The van der Waals surface area contributed by atoms with Crippen LogP contribution in [0.15, 0.2) is 33.9 Å². The van der Waals surface area contributed by atoms with Crippen LogP contribution in [0.2, 0.25) is 0 Å². The summed E-state index contributed by atoms with van der Waals surface area (Å²) in [5, 5.41) is 9.85. The van der Waals surface area contributed by atoms with Crippen LogP contribution in [0.5, 0.6) is 0 Å². The number of hydrogen-bond acceptors (Lipinski definition) is 6. The van der Waals surface area contributed by atoms with E-state index in [4.69, 9.17) is 4.74 Å². The highest BCUT2D eigenvalue weighted by Crippen LogP contribution is 2.17. The molecule has 0 saturated heterocycles. The number of rotatable bonds is 6. The van der Waals surface area contributed by atoms with Crippen molar-refractivity contribution in [3.8, 4) is 0 Å². The Bertz CT molecular complexity index is 1200. The average Bonchev–Trinajstić information content (AvgIpc) is 2.94. The van der Waals surface area contributed by atoms with Crippen molar-refractivity contribution in [1.29, 1.82) is 0 Å². The van der Waals surface area contributed by atoms with Crippen molar-refractivity contribution in [3.63, 3.8) is 0 Å². The number of aromatic nitrogens is 4. The van der Waals surface area contributed by atoms with Gasteiger partial charge < -0.3 is 10.1 Å². The molecule has 3 rings (SSSR count). The monoisotopic (exact) mass is 399 g/mol. The summed E-state index contributed by atoms with van der Waals surface area (Å²) in [5.41, 5.74) is 1.18. The van der Waals surface area contributed by atoms with E-state index in [-0.39, 0.29) is 23.7 Å². The minimum atomic E-state index is -0.666. The van der Waals surface area contributed by atoms with Crippen LogP contribution in [0.4, 0.5) is 5.69 Å². The zero-order valence-corrected chi connectivity index (χ0v) is 16.3. The molecule has 0 atom stereocenters. The van der Waals surface area contributed by atoms with Crippen molar-refractivity contribution in [2.24, 2.45) is 7.05 Å². The minimum Gasteiger partial charge on any atom is -0.456 e. The van der Waals surface area contributed by atoms with E-state index in [0.717, 1.165) is 10.4 Å². The van der Waals surface area contributed by atoms with Gasteiger partial charge in [0.15, 0.2) is 6.61 Å². The van der Waals surface area contributed by atoms with Crippen molar-refractivity contribution >= 4 is 28.3 Å². The molecule has 1 aromatic carbocycles. The maximum absolute atomic E-state index is 12.4. The van der Waals surface area contributed by atoms with E-state index in [0.29, 0.717) is 11.4 Å². The summed E-state index contributed by atoms with van der Waals surface area (Å²) in [4.78, 5) is 48.4. The summed E-state index contributed by atoms with van der Waals surface area (Å²) >= 11 is 0. The number of hydrogen-bond donors (Lipinski definition) is 2. The van der Waals surface area contributed by atoms with E-state index in [1.165, 1.54) is 0 Å². The van der Waals surface area contributed by atoms with E-state index >= 15 is 0 Å². The molecule has 2 N–H and O–H groups in total. The van der Waals surface area contributed by atoms with Gasteiger partial charge in [-0.2, -0.15) is 5.10 Å². The van der Waals surface area contributed by atoms with Crippen LogP contribution in [0.3, 0.4) is 0 Å². The summed E-state index contributed by atoms with van der Waals surface area (Å²) in [7, 11) is 1.76. The first-order valence-electron chi connectivity index (χ1n) is 8.95. The zero-order chi connectivity index (χ0) is 21.1. The number of esters is 1. The number of amides is 1. The minimum absolute atomic E-state index is 0.0693. The molecule has 2 aromatic heterocycles. The highest BCUT2D eigenvalue weighted by Gasteiger charge is 2.14. The number of nitrogens with zero attached hydrogens (tertiary/aromatic N) is 3. The van der Waals surface area contributed by atoms with Gasteiger partial charge in [-0.1, -0.05) is 12.1 Å². The third kappa shape index (κ3) is 4.26. The van der Waals surface area contributed by atoms with E-state index in [9.17, 15) is 19.2 Å². The lowest BCUT2D eigenvalue weighted by Gasteiger charge is -2.08. The molecule has 0 unspecified atom stereocenters. The molecule has 3 aromatic rings. The average molecular weight is 399 g/mol. The van der Waals surface area contributed by atoms with E-state index in [1.807, 2.05) is 6.92 Å². The van der Waals surface area contributed by atoms with Crippen LogP contribution >= 0.6 is 0 Å². The quantitative estimate of drug-likeness (QED) is 0.585. The van der Waals surface area contributed by atoms with E-state index in [2.05, 4.69) is 15.5 Å². The first kappa shape index (κ1) is 20.1. The van der Waals surface area contributed by atoms with Crippen molar-refractivity contribution in [1.82, 2.24) is 19.6 Å². The molecule has 152 valence electrons. The molecule has 10 heteroatoms. The lowest BCUT2D eigenvalue weighted by molar-refractivity contribution is -0.147. The van der Waals surface area contributed by atoms with E-state index in [1.54, 1.807) is 42.9 Å². The molecule has 0 spiro atoms. The Hall–Kier alpha value is -3.69. The number of nitrogens with one attached hydrogen (secondary N) is 2. The van der Waals surface area contributed by atoms with Crippen molar-refractivity contribution in [3.05, 3.63) is 56.4 Å². The predicted molar refractivity (Wildman–Crippen MR) is 106 cm³/mol. The fraction of sp³-hybridized carbons (Fsp3) is 0.316. The van der Waals surface area contributed by atoms with Crippen molar-refractivity contribution in [2.45, 2.75) is 26.8 Å². The Labute approximate surface area is 165 Å². The number of benzene rings is 1. The normalized spacial score (nSPS) is 10.9. The molecular weight excluding hydrogens is 378 g/mol. The number of ether oxygens (including phenoxy) is 1. The maximum Gasteiger partial charge on any atom is 0.308 e. The summed E-state index contributed by atoms with van der Waals surface area (Å²) < 4.78 is 7.66. The van der Waals surface area contributed by atoms with Crippen LogP contribution < -0.4 is 16.4 Å². The SMILES string of the molecule is Cc1nn(C)c(C)c1NC(=O)COC(=O)CCn1[nH]c(=O)c2ccccc2c1=O. The second-order valence-electron chi connectivity index (χ2n) is 6.57. The number of fused-ring (bicyclic) bond motifs is 1. The molecule has 0 bridgehead atoms. The second kappa shape index (κ2) is 8.13. The van der Waals surface area contributed by atoms with Crippen molar-refractivity contribution in [2.75, 3.05) is 11.9 Å². The predicted octanol–water partition coefficient (Wildman–Crippen LogP) is 0.612. The van der Waals surface area contributed by atoms with Gasteiger partial charge in [0.25, 0.3) is 17.0 Å². The topological polar surface area (TPSA) is 128 Å². The van der Waals surface area contributed by atoms with Crippen LogP contribution in [-0.4, -0.2) is 38.0 Å². The highest BCUT2D eigenvalue weighted by atomic mass is 16.5. The Morgan fingerprint density at radius 3 is 2.52 bits per heavy atom. The van der Waals surface area contributed by atoms with Gasteiger partial charge in [-0.3, -0.25) is 29.0 Å². The molecule has 0 aliphatic heterocycles. The Morgan fingerprint density at radius 1 is 1.17 bits per heavy atom. The fourth-order valence-corrected chi connectivity index (χ4v) is 2.96. The largest absolute Gasteiger partial charge is 0.456 e. The van der Waals surface area contributed by atoms with Crippen LogP contribution in [0.1, 0.15) is 17.8 Å². The van der Waals surface area contributed by atoms with Crippen LogP contribution in [-0.2, 0) is 27.9 Å². The number of aromatic amines is 1. The lowest BCUT2D eigenvalue weighted by atomic mass is 10.2. The lowest BCUT2D eigenvalue weighted by Crippen LogP contribution is -2.31. The van der Waals surface area contributed by atoms with Gasteiger partial charge in [0, 0.05) is 7.05 Å². The van der Waals surface area contributed by atoms with Gasteiger partial charge in [-0.15, -0.1) is 0 Å². The molecule has 10 nitrogen and oxygen atoms in total. The van der Waals surface area contributed by atoms with Gasteiger partial charge in [-0.05, 0) is 26.0 Å². The third-order valence-corrected chi connectivity index (χ3v) is 4.56. The number of anilines is 1. The van der Waals surface area contributed by atoms with Crippen molar-refractivity contribution < 1.29 is 14.3 Å². The van der Waals surface area contributed by atoms with Gasteiger partial charge in [-0.25, -0.2) is 4.68 Å². The summed E-state index contributed by atoms with van der Waals surface area (Å²) in [6.45, 7) is 3.04. The first-order valence-corrected chi connectivity index (χ1v) is 8.95. The molecule has 0 fully saturated rings. The maximum atomic E-state index is 12.4. The molecule has 0 aliphatic rings. The van der Waals surface area contributed by atoms with Gasteiger partial charge in [0.05, 0.1) is 40.8 Å². The van der Waals surface area contributed by atoms with Crippen LogP contribution in [0, 0.1) is 13.8 Å². The molecule has 0 aliphatic carbocycles. The molecule has 2 heterocycles. The number of carbonyl (C=O) groups is 2. The van der Waals surface area contributed by atoms with Crippen LogP contribution in [0.25, 0.3) is 10.8 Å². The smallest absolute Gasteiger partial charge is 0.308 e. The summed E-state index contributed by atoms with van der Waals surface area (Å²) in [5.74, 6) is -1.16. The second-order valence-corrected chi connectivity index (χ2v) is 6.57. The third-order valence-electron chi connectivity index (χ3n) is 4.56. The number of H-pyrrole nitrogens is 1. The summed E-state index contributed by atoms with van der Waals surface area (Å²) in [6, 6.07) is 6.43. The Kier molecular flexibility index (Phi) is 5.62. The van der Waals surface area contributed by atoms with E-state index < -0.39 is 29.6 Å². The first-order chi connectivity index (χ1) is 13.8. The molecule has 0 saturated carbocycles. The highest BCUT2D eigenvalue weighted by molar-refractivity contribution is 5.93. The Morgan fingerprint density at radius 2 is 1.86 bits per heavy atom. The fourth-order valence-electron chi connectivity index (χ4n) is 2.96. The standard InChI is InChI=1S/C19H21N5O5/c1-11-17(12(2)23(3)21-11)20-15(25)10-29-16(26)8-9-24-19(28)14-7-5-4-6-13(14)18(27)22-24/h4-7H,8-10H2,1-3H3,(H,20,25)(H,22,27).